The minimum Gasteiger partial charge on any atom is -0.343 e. The van der Waals surface area contributed by atoms with E-state index in [1.807, 2.05) is 0 Å². The molecule has 1 heterocycles. The van der Waals surface area contributed by atoms with Gasteiger partial charge in [-0.2, -0.15) is 0 Å². The number of hydrogen-bond donors (Lipinski definition) is 2. The summed E-state index contributed by atoms with van der Waals surface area (Å²) in [6.45, 7) is 3.25. The number of carbonyl (C=O) groups is 1. The van der Waals surface area contributed by atoms with E-state index in [0.717, 1.165) is 25.3 Å². The van der Waals surface area contributed by atoms with Crippen LogP contribution in [0.4, 0.5) is 0 Å². The molecule has 1 rings (SSSR count). The lowest BCUT2D eigenvalue weighted by Crippen LogP contribution is -2.35. The van der Waals surface area contributed by atoms with Crippen LogP contribution in [0.25, 0.3) is 0 Å². The van der Waals surface area contributed by atoms with E-state index < -0.39 is 0 Å². The fraction of sp³-hybridized carbons (Fsp3) is 0.875. The molecule has 1 aliphatic heterocycles. The molecular weight excluding hydrogens is 140 g/mol. The van der Waals surface area contributed by atoms with Crippen LogP contribution in [0.3, 0.4) is 0 Å². The van der Waals surface area contributed by atoms with Crippen molar-refractivity contribution in [3.8, 4) is 0 Å². The first-order chi connectivity index (χ1) is 5.36. The van der Waals surface area contributed by atoms with Crippen LogP contribution < -0.4 is 10.6 Å². The first-order valence-corrected chi connectivity index (χ1v) is 4.30. The Bertz CT molecular complexity index is 127. The number of hydrogen-bond acceptors (Lipinski definition) is 2. The molecule has 3 heteroatoms. The van der Waals surface area contributed by atoms with E-state index in [0.29, 0.717) is 0 Å². The SMILES string of the molecule is CCC[C@@H]1CNC(NC=O)C1. The van der Waals surface area contributed by atoms with Crippen molar-refractivity contribution in [3.63, 3.8) is 0 Å². The third-order valence-corrected chi connectivity index (χ3v) is 2.19. The molecule has 0 aliphatic carbocycles. The van der Waals surface area contributed by atoms with Gasteiger partial charge in [-0.15, -0.1) is 0 Å². The highest BCUT2D eigenvalue weighted by molar-refractivity contribution is 5.46. The fourth-order valence-electron chi connectivity index (χ4n) is 1.65. The Kier molecular flexibility index (Phi) is 3.36. The molecule has 0 spiro atoms. The lowest BCUT2D eigenvalue weighted by molar-refractivity contribution is -0.110. The van der Waals surface area contributed by atoms with Gasteiger partial charge in [0.1, 0.15) is 0 Å². The summed E-state index contributed by atoms with van der Waals surface area (Å²) in [5.41, 5.74) is 0. The lowest BCUT2D eigenvalue weighted by atomic mass is 10.0. The molecule has 2 atom stereocenters. The van der Waals surface area contributed by atoms with Crippen LogP contribution in [-0.2, 0) is 4.79 Å². The van der Waals surface area contributed by atoms with E-state index in [1.54, 1.807) is 0 Å². The zero-order valence-corrected chi connectivity index (χ0v) is 6.97. The molecule has 1 saturated heterocycles. The van der Waals surface area contributed by atoms with E-state index in [4.69, 9.17) is 0 Å². The number of rotatable bonds is 4. The van der Waals surface area contributed by atoms with Crippen LogP contribution >= 0.6 is 0 Å². The standard InChI is InChI=1S/C8H16N2O/c1-2-3-7-4-8(9-5-7)10-6-11/h6-9H,2-5H2,1H3,(H,10,11)/t7-,8?/m0/s1. The van der Waals surface area contributed by atoms with Gasteiger partial charge in [0.2, 0.25) is 6.41 Å². The molecule has 1 amide bonds. The maximum atomic E-state index is 10.1. The van der Waals surface area contributed by atoms with Gasteiger partial charge >= 0.3 is 0 Å². The first kappa shape index (κ1) is 8.53. The molecule has 1 fully saturated rings. The molecule has 0 aromatic carbocycles. The largest absolute Gasteiger partial charge is 0.343 e. The predicted molar refractivity (Wildman–Crippen MR) is 44.0 cm³/mol. The van der Waals surface area contributed by atoms with Gasteiger partial charge in [-0.05, 0) is 25.3 Å². The summed E-state index contributed by atoms with van der Waals surface area (Å²) in [6.07, 6.45) is 4.59. The number of amides is 1. The van der Waals surface area contributed by atoms with Gasteiger partial charge in [0.25, 0.3) is 0 Å². The van der Waals surface area contributed by atoms with Gasteiger partial charge in [0.15, 0.2) is 0 Å². The van der Waals surface area contributed by atoms with Gasteiger partial charge in [-0.3, -0.25) is 10.1 Å². The average molecular weight is 156 g/mol. The summed E-state index contributed by atoms with van der Waals surface area (Å²) in [7, 11) is 0. The second-order valence-electron chi connectivity index (χ2n) is 3.14. The molecule has 0 bridgehead atoms. The normalized spacial score (nSPS) is 30.3. The van der Waals surface area contributed by atoms with Crippen molar-refractivity contribution in [1.82, 2.24) is 10.6 Å². The van der Waals surface area contributed by atoms with Gasteiger partial charge in [-0.1, -0.05) is 13.3 Å². The van der Waals surface area contributed by atoms with Crippen molar-refractivity contribution in [2.45, 2.75) is 32.4 Å². The predicted octanol–water partition coefficient (Wildman–Crippen LogP) is 0.468. The smallest absolute Gasteiger partial charge is 0.208 e. The third-order valence-electron chi connectivity index (χ3n) is 2.19. The molecule has 3 nitrogen and oxygen atoms in total. The topological polar surface area (TPSA) is 41.1 Å². The highest BCUT2D eigenvalue weighted by atomic mass is 16.1. The van der Waals surface area contributed by atoms with E-state index in [1.165, 1.54) is 12.8 Å². The van der Waals surface area contributed by atoms with Crippen LogP contribution in [0.15, 0.2) is 0 Å². The van der Waals surface area contributed by atoms with Gasteiger partial charge in [0.05, 0.1) is 6.17 Å². The number of carbonyl (C=O) groups excluding carboxylic acids is 1. The minimum absolute atomic E-state index is 0.226. The fourth-order valence-corrected chi connectivity index (χ4v) is 1.65. The summed E-state index contributed by atoms with van der Waals surface area (Å²) in [5, 5.41) is 5.99. The zero-order chi connectivity index (χ0) is 8.10. The van der Waals surface area contributed by atoms with Crippen molar-refractivity contribution >= 4 is 6.41 Å². The second kappa shape index (κ2) is 4.34. The second-order valence-corrected chi connectivity index (χ2v) is 3.14. The van der Waals surface area contributed by atoms with Crippen molar-refractivity contribution in [2.75, 3.05) is 6.54 Å². The van der Waals surface area contributed by atoms with E-state index in [-0.39, 0.29) is 6.17 Å². The van der Waals surface area contributed by atoms with E-state index >= 15 is 0 Å². The molecule has 2 N–H and O–H groups in total. The molecule has 0 saturated carbocycles. The Morgan fingerprint density at radius 2 is 2.55 bits per heavy atom. The Labute approximate surface area is 67.5 Å². The average Bonchev–Trinajstić information content (AvgIpc) is 2.38. The van der Waals surface area contributed by atoms with Crippen molar-refractivity contribution < 1.29 is 4.79 Å². The molecular formula is C8H16N2O. The van der Waals surface area contributed by atoms with Crippen molar-refractivity contribution in [3.05, 3.63) is 0 Å². The summed E-state index contributed by atoms with van der Waals surface area (Å²) in [5.74, 6) is 0.762. The van der Waals surface area contributed by atoms with Crippen LogP contribution in [-0.4, -0.2) is 19.1 Å². The molecule has 1 unspecified atom stereocenters. The molecule has 64 valence electrons. The quantitative estimate of drug-likeness (QED) is 0.581. The number of nitrogens with one attached hydrogen (secondary N) is 2. The van der Waals surface area contributed by atoms with E-state index in [9.17, 15) is 4.79 Å². The van der Waals surface area contributed by atoms with Crippen LogP contribution in [0.1, 0.15) is 26.2 Å². The summed E-state index contributed by atoms with van der Waals surface area (Å²) < 4.78 is 0. The van der Waals surface area contributed by atoms with Gasteiger partial charge in [0, 0.05) is 0 Å². The van der Waals surface area contributed by atoms with Gasteiger partial charge < -0.3 is 5.32 Å². The molecule has 1 aliphatic rings. The Morgan fingerprint density at radius 1 is 1.73 bits per heavy atom. The van der Waals surface area contributed by atoms with Crippen molar-refractivity contribution in [2.24, 2.45) is 5.92 Å². The van der Waals surface area contributed by atoms with Crippen LogP contribution in [0.5, 0.6) is 0 Å². The highest BCUT2D eigenvalue weighted by Gasteiger charge is 2.21. The first-order valence-electron chi connectivity index (χ1n) is 4.30. The maximum absolute atomic E-state index is 10.1. The molecule has 0 radical (unpaired) electrons. The minimum atomic E-state index is 0.226. The third kappa shape index (κ3) is 2.50. The Balaban J connectivity index is 2.17. The van der Waals surface area contributed by atoms with E-state index in [2.05, 4.69) is 17.6 Å². The van der Waals surface area contributed by atoms with Gasteiger partial charge in [-0.25, -0.2) is 0 Å². The highest BCUT2D eigenvalue weighted by Crippen LogP contribution is 2.16. The summed E-state index contributed by atoms with van der Waals surface area (Å²) in [6, 6.07) is 0. The molecule has 0 aromatic rings. The Morgan fingerprint density at radius 3 is 3.18 bits per heavy atom. The monoisotopic (exact) mass is 156 g/mol. The van der Waals surface area contributed by atoms with Crippen LogP contribution in [0.2, 0.25) is 0 Å². The molecule has 11 heavy (non-hydrogen) atoms. The Hall–Kier alpha value is -0.570. The van der Waals surface area contributed by atoms with Crippen molar-refractivity contribution in [1.29, 1.82) is 0 Å². The van der Waals surface area contributed by atoms with Crippen LogP contribution in [0, 0.1) is 5.92 Å². The zero-order valence-electron chi connectivity index (χ0n) is 6.97. The lowest BCUT2D eigenvalue weighted by Gasteiger charge is -2.07. The summed E-state index contributed by atoms with van der Waals surface area (Å²) >= 11 is 0. The summed E-state index contributed by atoms with van der Waals surface area (Å²) in [4.78, 5) is 10.1. The maximum Gasteiger partial charge on any atom is 0.208 e. The molecule has 0 aromatic heterocycles.